The molecule has 0 spiro atoms. The highest BCUT2D eigenvalue weighted by molar-refractivity contribution is 6.42. The molecule has 0 radical (unpaired) electrons. The average molecular weight is 537 g/mol. The van der Waals surface area contributed by atoms with Crippen LogP contribution in [-0.2, 0) is 12.0 Å². The molecule has 3 nitrogen and oxygen atoms in total. The number of ketones is 1. The molecule has 3 aromatic rings. The summed E-state index contributed by atoms with van der Waals surface area (Å²) < 4.78 is 0. The summed E-state index contributed by atoms with van der Waals surface area (Å²) in [4.78, 5) is 15.9. The van der Waals surface area contributed by atoms with E-state index in [0.29, 0.717) is 50.7 Å². The van der Waals surface area contributed by atoms with Gasteiger partial charge in [0, 0.05) is 18.7 Å². The van der Waals surface area contributed by atoms with Crippen molar-refractivity contribution in [1.29, 1.82) is 0 Å². The number of halogens is 4. The number of carbonyl (C=O) groups is 1. The zero-order valence-electron chi connectivity index (χ0n) is 18.5. The number of nitrogens with zero attached hydrogens (tertiary/aromatic N) is 1. The van der Waals surface area contributed by atoms with Crippen molar-refractivity contribution in [2.45, 2.75) is 24.9 Å². The molecule has 7 heteroatoms. The molecule has 1 aliphatic heterocycles. The van der Waals surface area contributed by atoms with Gasteiger partial charge >= 0.3 is 0 Å². The second-order valence-electron chi connectivity index (χ2n) is 8.74. The van der Waals surface area contributed by atoms with Gasteiger partial charge in [-0.25, -0.2) is 0 Å². The van der Waals surface area contributed by atoms with E-state index in [9.17, 15) is 9.90 Å². The van der Waals surface area contributed by atoms with E-state index in [-0.39, 0.29) is 5.78 Å². The summed E-state index contributed by atoms with van der Waals surface area (Å²) in [5.74, 6) is -0.882. The van der Waals surface area contributed by atoms with Crippen LogP contribution in [0, 0.1) is 5.92 Å². The van der Waals surface area contributed by atoms with Gasteiger partial charge in [0.2, 0.25) is 0 Å². The first-order chi connectivity index (χ1) is 16.3. The van der Waals surface area contributed by atoms with Crippen molar-refractivity contribution in [3.05, 3.63) is 104 Å². The molecule has 34 heavy (non-hydrogen) atoms. The van der Waals surface area contributed by atoms with Crippen LogP contribution in [0.2, 0.25) is 20.1 Å². The van der Waals surface area contributed by atoms with E-state index in [4.69, 9.17) is 46.4 Å². The number of piperidine rings is 1. The summed E-state index contributed by atoms with van der Waals surface area (Å²) in [7, 11) is 0. The van der Waals surface area contributed by atoms with E-state index in [1.807, 2.05) is 18.2 Å². The van der Waals surface area contributed by atoms with Crippen LogP contribution < -0.4 is 0 Å². The Morgan fingerprint density at radius 1 is 0.912 bits per heavy atom. The van der Waals surface area contributed by atoms with Crippen molar-refractivity contribution < 1.29 is 9.90 Å². The Hall–Kier alpha value is -1.59. The van der Waals surface area contributed by atoms with Crippen molar-refractivity contribution in [3.63, 3.8) is 0 Å². The summed E-state index contributed by atoms with van der Waals surface area (Å²) in [5.41, 5.74) is 0.913. The van der Waals surface area contributed by atoms with Crippen LogP contribution in [0.1, 0.15) is 34.3 Å². The first-order valence-corrected chi connectivity index (χ1v) is 12.7. The number of likely N-dealkylation sites (tertiary alicyclic amines) is 1. The Labute approximate surface area is 220 Å². The largest absolute Gasteiger partial charge is 0.384 e. The third kappa shape index (κ3) is 5.62. The molecule has 0 bridgehead atoms. The fourth-order valence-electron chi connectivity index (χ4n) is 4.62. The summed E-state index contributed by atoms with van der Waals surface area (Å²) in [6.07, 6.45) is 2.32. The molecule has 1 aliphatic rings. The lowest BCUT2D eigenvalue weighted by atomic mass is 9.72. The highest BCUT2D eigenvalue weighted by Gasteiger charge is 2.47. The van der Waals surface area contributed by atoms with Crippen molar-refractivity contribution >= 4 is 52.2 Å². The van der Waals surface area contributed by atoms with E-state index in [0.717, 1.165) is 19.4 Å². The van der Waals surface area contributed by atoms with Crippen LogP contribution in [0.5, 0.6) is 0 Å². The molecule has 1 saturated heterocycles. The van der Waals surface area contributed by atoms with Crippen LogP contribution in [0.25, 0.3) is 0 Å². The maximum absolute atomic E-state index is 13.7. The SMILES string of the molecule is O=C(c1ccc(Cl)c(Cl)c1)[C@@H]1CN(CCCc2ccccc2)CC[C@@]1(O)c1ccc(Cl)c(Cl)c1. The number of carbonyl (C=O) groups excluding carboxylic acids is 1. The van der Waals surface area contributed by atoms with Gasteiger partial charge in [-0.05, 0) is 67.3 Å². The fourth-order valence-corrected chi connectivity index (χ4v) is 5.22. The van der Waals surface area contributed by atoms with Crippen molar-refractivity contribution in [2.75, 3.05) is 19.6 Å². The second kappa shape index (κ2) is 11.0. The van der Waals surface area contributed by atoms with Gasteiger partial charge in [-0.3, -0.25) is 4.79 Å². The number of hydrogen-bond acceptors (Lipinski definition) is 3. The molecule has 0 amide bonds. The predicted octanol–water partition coefficient (Wildman–Crippen LogP) is 7.33. The third-order valence-electron chi connectivity index (χ3n) is 6.55. The highest BCUT2D eigenvalue weighted by atomic mass is 35.5. The topological polar surface area (TPSA) is 40.5 Å². The van der Waals surface area contributed by atoms with Crippen LogP contribution in [-0.4, -0.2) is 35.4 Å². The molecule has 0 saturated carbocycles. The van der Waals surface area contributed by atoms with E-state index in [2.05, 4.69) is 17.0 Å². The lowest BCUT2D eigenvalue weighted by molar-refractivity contribution is -0.0642. The standard InChI is InChI=1S/C27H25Cl4NO2/c28-22-10-8-19(15-24(22)30)26(33)21-17-32(13-4-7-18-5-2-1-3-6-18)14-12-27(21,34)20-9-11-23(29)25(31)16-20/h1-3,5-6,8-11,15-16,21,34H,4,7,12-14,17H2/t21-,27+/m0/s1. The van der Waals surface area contributed by atoms with Gasteiger partial charge < -0.3 is 10.0 Å². The van der Waals surface area contributed by atoms with E-state index >= 15 is 0 Å². The molecule has 1 N–H and O–H groups in total. The molecule has 4 rings (SSSR count). The van der Waals surface area contributed by atoms with Gasteiger partial charge in [0.05, 0.1) is 26.0 Å². The maximum Gasteiger partial charge on any atom is 0.170 e. The highest BCUT2D eigenvalue weighted by Crippen LogP contribution is 2.41. The molecule has 3 aromatic carbocycles. The number of aliphatic hydroxyl groups is 1. The number of aryl methyl sites for hydroxylation is 1. The summed E-state index contributed by atoms with van der Waals surface area (Å²) in [5, 5.41) is 13.3. The number of benzene rings is 3. The molecule has 2 atom stereocenters. The smallest absolute Gasteiger partial charge is 0.170 e. The van der Waals surface area contributed by atoms with E-state index in [1.165, 1.54) is 5.56 Å². The van der Waals surface area contributed by atoms with Crippen LogP contribution >= 0.6 is 46.4 Å². The average Bonchev–Trinajstić information content (AvgIpc) is 2.84. The number of Topliss-reactive ketones (excluding diaryl/α,β-unsaturated/α-hetero) is 1. The van der Waals surface area contributed by atoms with Crippen LogP contribution in [0.4, 0.5) is 0 Å². The monoisotopic (exact) mass is 535 g/mol. The molecule has 0 aromatic heterocycles. The van der Waals surface area contributed by atoms with Crippen molar-refractivity contribution in [3.8, 4) is 0 Å². The van der Waals surface area contributed by atoms with Crippen LogP contribution in [0.3, 0.4) is 0 Å². The minimum absolute atomic E-state index is 0.181. The Morgan fingerprint density at radius 2 is 1.59 bits per heavy atom. The van der Waals surface area contributed by atoms with Crippen molar-refractivity contribution in [1.82, 2.24) is 4.90 Å². The summed E-state index contributed by atoms with van der Waals surface area (Å²) in [6, 6.07) is 20.2. The Bertz CT molecular complexity index is 1170. The third-order valence-corrected chi connectivity index (χ3v) is 8.03. The minimum Gasteiger partial charge on any atom is -0.384 e. The molecule has 1 heterocycles. The lowest BCUT2D eigenvalue weighted by Gasteiger charge is -2.44. The second-order valence-corrected chi connectivity index (χ2v) is 10.4. The Balaban J connectivity index is 1.59. The fraction of sp³-hybridized carbons (Fsp3) is 0.296. The number of rotatable bonds is 7. The zero-order chi connectivity index (χ0) is 24.3. The Kier molecular flexibility index (Phi) is 8.24. The van der Waals surface area contributed by atoms with E-state index in [1.54, 1.807) is 36.4 Å². The summed E-state index contributed by atoms with van der Waals surface area (Å²) in [6.45, 7) is 1.92. The van der Waals surface area contributed by atoms with Gasteiger partial charge in [-0.2, -0.15) is 0 Å². The molecule has 0 unspecified atom stereocenters. The molecular formula is C27H25Cl4NO2. The minimum atomic E-state index is -1.38. The lowest BCUT2D eigenvalue weighted by Crippen LogP contribution is -2.53. The quantitative estimate of drug-likeness (QED) is 0.321. The summed E-state index contributed by atoms with van der Waals surface area (Å²) >= 11 is 24.6. The zero-order valence-corrected chi connectivity index (χ0v) is 21.5. The molecular weight excluding hydrogens is 512 g/mol. The van der Waals surface area contributed by atoms with Gasteiger partial charge in [0.25, 0.3) is 0 Å². The molecule has 1 fully saturated rings. The van der Waals surface area contributed by atoms with E-state index < -0.39 is 11.5 Å². The van der Waals surface area contributed by atoms with Gasteiger partial charge in [0.1, 0.15) is 5.60 Å². The van der Waals surface area contributed by atoms with Gasteiger partial charge in [-0.15, -0.1) is 0 Å². The maximum atomic E-state index is 13.7. The molecule has 0 aliphatic carbocycles. The first kappa shape index (κ1) is 25.5. The van der Waals surface area contributed by atoms with Gasteiger partial charge in [0.15, 0.2) is 5.78 Å². The van der Waals surface area contributed by atoms with Crippen LogP contribution in [0.15, 0.2) is 66.7 Å². The predicted molar refractivity (Wildman–Crippen MR) is 140 cm³/mol. The first-order valence-electron chi connectivity index (χ1n) is 11.2. The Morgan fingerprint density at radius 3 is 2.26 bits per heavy atom. The normalized spacial score (nSPS) is 20.9. The van der Waals surface area contributed by atoms with Crippen molar-refractivity contribution in [2.24, 2.45) is 5.92 Å². The molecule has 178 valence electrons. The van der Waals surface area contributed by atoms with Gasteiger partial charge in [-0.1, -0.05) is 82.8 Å². The number of hydrogen-bond donors (Lipinski definition) is 1.